The molecule has 3 rings (SSSR count). The van der Waals surface area contributed by atoms with Gasteiger partial charge in [-0.05, 0) is 24.6 Å². The number of hydrogen-bond acceptors (Lipinski definition) is 5. The molecule has 0 radical (unpaired) electrons. The van der Waals surface area contributed by atoms with E-state index in [2.05, 4.69) is 15.5 Å². The number of rotatable bonds is 7. The van der Waals surface area contributed by atoms with Crippen LogP contribution in [0.3, 0.4) is 0 Å². The normalized spacial score (nSPS) is 10.7. The third-order valence-electron chi connectivity index (χ3n) is 3.43. The Morgan fingerprint density at radius 3 is 2.88 bits per heavy atom. The summed E-state index contributed by atoms with van der Waals surface area (Å²) in [7, 11) is 0. The molecule has 24 heavy (non-hydrogen) atoms. The van der Waals surface area contributed by atoms with Gasteiger partial charge in [0.25, 0.3) is 0 Å². The van der Waals surface area contributed by atoms with Crippen LogP contribution in [0.1, 0.15) is 16.9 Å². The van der Waals surface area contributed by atoms with E-state index in [1.165, 1.54) is 17.3 Å². The van der Waals surface area contributed by atoms with E-state index in [4.69, 9.17) is 4.42 Å². The van der Waals surface area contributed by atoms with Crippen LogP contribution in [0.4, 0.5) is 0 Å². The van der Waals surface area contributed by atoms with Gasteiger partial charge in [-0.15, -0.1) is 10.2 Å². The second-order valence-electron chi connectivity index (χ2n) is 5.37. The molecule has 124 valence electrons. The van der Waals surface area contributed by atoms with Gasteiger partial charge >= 0.3 is 0 Å². The van der Waals surface area contributed by atoms with E-state index in [-0.39, 0.29) is 5.91 Å². The molecule has 0 aliphatic rings. The fourth-order valence-electron chi connectivity index (χ4n) is 2.12. The van der Waals surface area contributed by atoms with Crippen LogP contribution in [0.5, 0.6) is 0 Å². The van der Waals surface area contributed by atoms with E-state index < -0.39 is 0 Å². The minimum atomic E-state index is -0.0341. The Morgan fingerprint density at radius 2 is 2.12 bits per heavy atom. The van der Waals surface area contributed by atoms with Gasteiger partial charge in [0.1, 0.15) is 12.1 Å². The topological polar surface area (TPSA) is 73.0 Å². The number of hydrogen-bond donors (Lipinski definition) is 1. The number of nitrogens with one attached hydrogen (secondary N) is 1. The van der Waals surface area contributed by atoms with Crippen LogP contribution in [0.15, 0.2) is 58.6 Å². The summed E-state index contributed by atoms with van der Waals surface area (Å²) in [5.41, 5.74) is 2.29. The van der Waals surface area contributed by atoms with Gasteiger partial charge in [0.2, 0.25) is 5.91 Å². The number of carbonyl (C=O) groups excluding carboxylic acids is 1. The standard InChI is InChI=1S/C17H18N4O2S/c1-13-4-6-14(7-5-13)9-18-16(22)11-24-17-20-19-12-21(17)10-15-3-2-8-23-15/h2-8,12H,9-11H2,1H3,(H,18,22). The smallest absolute Gasteiger partial charge is 0.230 e. The lowest BCUT2D eigenvalue weighted by Crippen LogP contribution is -2.24. The van der Waals surface area contributed by atoms with Gasteiger partial charge in [0.05, 0.1) is 18.6 Å². The van der Waals surface area contributed by atoms with Crippen molar-refractivity contribution >= 4 is 17.7 Å². The van der Waals surface area contributed by atoms with E-state index in [1.54, 1.807) is 12.6 Å². The van der Waals surface area contributed by atoms with Gasteiger partial charge in [-0.2, -0.15) is 0 Å². The monoisotopic (exact) mass is 342 g/mol. The number of aromatic nitrogens is 3. The highest BCUT2D eigenvalue weighted by Gasteiger charge is 2.10. The van der Waals surface area contributed by atoms with Crippen molar-refractivity contribution in [2.75, 3.05) is 5.75 Å². The number of nitrogens with zero attached hydrogens (tertiary/aromatic N) is 3. The Bertz CT molecular complexity index is 781. The van der Waals surface area contributed by atoms with Crippen molar-refractivity contribution in [3.8, 4) is 0 Å². The first-order chi connectivity index (χ1) is 11.7. The van der Waals surface area contributed by atoms with Crippen molar-refractivity contribution in [1.29, 1.82) is 0 Å². The van der Waals surface area contributed by atoms with Crippen LogP contribution in [-0.4, -0.2) is 26.4 Å². The molecule has 2 aromatic heterocycles. The summed E-state index contributed by atoms with van der Waals surface area (Å²) in [5, 5.41) is 11.6. The number of thioether (sulfide) groups is 1. The fourth-order valence-corrected chi connectivity index (χ4v) is 2.87. The Balaban J connectivity index is 1.48. The zero-order valence-corrected chi connectivity index (χ0v) is 14.1. The third-order valence-corrected chi connectivity index (χ3v) is 4.41. The Morgan fingerprint density at radius 1 is 1.29 bits per heavy atom. The highest BCUT2D eigenvalue weighted by molar-refractivity contribution is 7.99. The Kier molecular flexibility index (Phi) is 5.32. The molecule has 0 fully saturated rings. The molecule has 7 heteroatoms. The van der Waals surface area contributed by atoms with Crippen LogP contribution in [0.2, 0.25) is 0 Å². The number of benzene rings is 1. The largest absolute Gasteiger partial charge is 0.467 e. The predicted octanol–water partition coefficient (Wildman–Crippen LogP) is 2.64. The molecule has 6 nitrogen and oxygen atoms in total. The van der Waals surface area contributed by atoms with Gasteiger partial charge in [-0.1, -0.05) is 41.6 Å². The molecular formula is C17H18N4O2S. The maximum atomic E-state index is 12.0. The van der Waals surface area contributed by atoms with E-state index in [1.807, 2.05) is 47.9 Å². The Labute approximate surface area is 144 Å². The molecule has 0 saturated carbocycles. The van der Waals surface area contributed by atoms with Crippen LogP contribution in [0, 0.1) is 6.92 Å². The van der Waals surface area contributed by atoms with Crippen molar-refractivity contribution in [3.63, 3.8) is 0 Å². The number of aryl methyl sites for hydroxylation is 1. The molecule has 0 unspecified atom stereocenters. The molecule has 0 saturated heterocycles. The molecule has 1 N–H and O–H groups in total. The second kappa shape index (κ2) is 7.83. The zero-order chi connectivity index (χ0) is 16.8. The highest BCUT2D eigenvalue weighted by Crippen LogP contribution is 2.16. The second-order valence-corrected chi connectivity index (χ2v) is 6.31. The molecule has 0 bridgehead atoms. The predicted molar refractivity (Wildman–Crippen MR) is 91.6 cm³/mol. The highest BCUT2D eigenvalue weighted by atomic mass is 32.2. The average molecular weight is 342 g/mol. The van der Waals surface area contributed by atoms with Gasteiger partial charge < -0.3 is 14.3 Å². The SMILES string of the molecule is Cc1ccc(CNC(=O)CSc2nncn2Cc2ccco2)cc1. The van der Waals surface area contributed by atoms with Crippen LogP contribution >= 0.6 is 11.8 Å². The fraction of sp³-hybridized carbons (Fsp3) is 0.235. The summed E-state index contributed by atoms with van der Waals surface area (Å²) in [4.78, 5) is 12.0. The Hall–Kier alpha value is -2.54. The van der Waals surface area contributed by atoms with Crippen molar-refractivity contribution < 1.29 is 9.21 Å². The van der Waals surface area contributed by atoms with Crippen LogP contribution < -0.4 is 5.32 Å². The molecule has 1 aromatic carbocycles. The van der Waals surface area contributed by atoms with Crippen molar-refractivity contribution in [2.24, 2.45) is 0 Å². The first kappa shape index (κ1) is 16.3. The van der Waals surface area contributed by atoms with E-state index in [0.29, 0.717) is 24.0 Å². The number of carbonyl (C=O) groups is 1. The van der Waals surface area contributed by atoms with Crippen LogP contribution in [-0.2, 0) is 17.9 Å². The molecule has 0 aliphatic carbocycles. The summed E-state index contributed by atoms with van der Waals surface area (Å²) in [6.45, 7) is 3.12. The van der Waals surface area contributed by atoms with Gasteiger partial charge in [-0.3, -0.25) is 4.79 Å². The lowest BCUT2D eigenvalue weighted by atomic mass is 10.1. The molecule has 0 atom stereocenters. The maximum absolute atomic E-state index is 12.0. The summed E-state index contributed by atoms with van der Waals surface area (Å²) in [6.07, 6.45) is 3.26. The van der Waals surface area contributed by atoms with Crippen LogP contribution in [0.25, 0.3) is 0 Å². The zero-order valence-electron chi connectivity index (χ0n) is 13.3. The molecule has 0 spiro atoms. The summed E-state index contributed by atoms with van der Waals surface area (Å²) >= 11 is 1.36. The summed E-state index contributed by atoms with van der Waals surface area (Å²) < 4.78 is 7.18. The molecular weight excluding hydrogens is 324 g/mol. The lowest BCUT2D eigenvalue weighted by molar-refractivity contribution is -0.118. The van der Waals surface area contributed by atoms with E-state index in [0.717, 1.165) is 11.3 Å². The third kappa shape index (κ3) is 4.48. The number of amides is 1. The molecule has 2 heterocycles. The van der Waals surface area contributed by atoms with E-state index in [9.17, 15) is 4.79 Å². The lowest BCUT2D eigenvalue weighted by Gasteiger charge is -2.06. The van der Waals surface area contributed by atoms with Crippen molar-refractivity contribution in [1.82, 2.24) is 20.1 Å². The summed E-state index contributed by atoms with van der Waals surface area (Å²) in [5.74, 6) is 1.08. The first-order valence-electron chi connectivity index (χ1n) is 7.56. The van der Waals surface area contributed by atoms with Gasteiger partial charge in [0.15, 0.2) is 5.16 Å². The van der Waals surface area contributed by atoms with Gasteiger partial charge in [0, 0.05) is 6.54 Å². The maximum Gasteiger partial charge on any atom is 0.230 e. The minimum absolute atomic E-state index is 0.0341. The molecule has 0 aliphatic heterocycles. The minimum Gasteiger partial charge on any atom is -0.467 e. The summed E-state index contributed by atoms with van der Waals surface area (Å²) in [6, 6.07) is 11.8. The van der Waals surface area contributed by atoms with E-state index >= 15 is 0 Å². The quantitative estimate of drug-likeness (QED) is 0.668. The molecule has 1 amide bonds. The average Bonchev–Trinajstić information content (AvgIpc) is 3.25. The number of furan rings is 1. The molecule has 3 aromatic rings. The first-order valence-corrected chi connectivity index (χ1v) is 8.54. The van der Waals surface area contributed by atoms with Crippen molar-refractivity contribution in [3.05, 3.63) is 65.9 Å². The van der Waals surface area contributed by atoms with Gasteiger partial charge in [-0.25, -0.2) is 0 Å². The van der Waals surface area contributed by atoms with Crippen molar-refractivity contribution in [2.45, 2.75) is 25.2 Å².